The van der Waals surface area contributed by atoms with Crippen molar-refractivity contribution in [3.8, 4) is 0 Å². The predicted octanol–water partition coefficient (Wildman–Crippen LogP) is 2.54. The van der Waals surface area contributed by atoms with Crippen LogP contribution in [0.5, 0.6) is 0 Å². The van der Waals surface area contributed by atoms with Crippen LogP contribution in [0.4, 0.5) is 4.79 Å². The van der Waals surface area contributed by atoms with Crippen molar-refractivity contribution in [3.63, 3.8) is 0 Å². The number of nitrogens with one attached hydrogen (secondary N) is 1. The third kappa shape index (κ3) is 4.38. The molecule has 0 bridgehead atoms. The summed E-state index contributed by atoms with van der Waals surface area (Å²) in [5.41, 5.74) is 1.67. The van der Waals surface area contributed by atoms with Crippen LogP contribution in [0.1, 0.15) is 24.4 Å². The number of hydrogen-bond donors (Lipinski definition) is 1. The summed E-state index contributed by atoms with van der Waals surface area (Å²) < 4.78 is 1.86. The van der Waals surface area contributed by atoms with Crippen LogP contribution in [0.2, 0.25) is 5.02 Å². The topological polar surface area (TPSA) is 82.8 Å². The van der Waals surface area contributed by atoms with Crippen LogP contribution in [0.15, 0.2) is 48.7 Å². The first-order valence-electron chi connectivity index (χ1n) is 9.88. The van der Waals surface area contributed by atoms with Crippen LogP contribution in [-0.2, 0) is 11.2 Å². The fraction of sp³-hybridized carbons (Fsp3) is 0.333. The van der Waals surface area contributed by atoms with E-state index >= 15 is 0 Å². The summed E-state index contributed by atoms with van der Waals surface area (Å²) in [5, 5.41) is 12.0. The van der Waals surface area contributed by atoms with Crippen molar-refractivity contribution >= 4 is 29.2 Å². The molecule has 156 valence electrons. The highest BCUT2D eigenvalue weighted by Gasteiger charge is 2.26. The van der Waals surface area contributed by atoms with Gasteiger partial charge in [0.1, 0.15) is 0 Å². The number of carbonyl (C=O) groups is 2. The number of carbonyl (C=O) groups excluding carboxylic acids is 2. The molecule has 1 aromatic carbocycles. The monoisotopic (exact) mass is 426 g/mol. The van der Waals surface area contributed by atoms with Crippen LogP contribution in [0.3, 0.4) is 0 Å². The number of amides is 3. The van der Waals surface area contributed by atoms with Crippen molar-refractivity contribution in [2.45, 2.75) is 19.4 Å². The van der Waals surface area contributed by atoms with Gasteiger partial charge in [-0.05, 0) is 36.8 Å². The van der Waals surface area contributed by atoms with Gasteiger partial charge < -0.3 is 15.1 Å². The molecule has 1 aliphatic rings. The summed E-state index contributed by atoms with van der Waals surface area (Å²) in [7, 11) is 0. The van der Waals surface area contributed by atoms with Gasteiger partial charge in [-0.2, -0.15) is 0 Å². The zero-order valence-corrected chi connectivity index (χ0v) is 17.4. The number of urea groups is 1. The number of halogens is 1. The van der Waals surface area contributed by atoms with Gasteiger partial charge in [-0.3, -0.25) is 9.20 Å². The van der Waals surface area contributed by atoms with Gasteiger partial charge in [-0.15, -0.1) is 10.2 Å². The minimum absolute atomic E-state index is 0.0562. The lowest BCUT2D eigenvalue weighted by Gasteiger charge is -2.35. The van der Waals surface area contributed by atoms with Gasteiger partial charge >= 0.3 is 6.03 Å². The molecule has 0 spiro atoms. The van der Waals surface area contributed by atoms with E-state index in [1.165, 1.54) is 0 Å². The fourth-order valence-electron chi connectivity index (χ4n) is 3.54. The molecule has 8 nitrogen and oxygen atoms in total. The van der Waals surface area contributed by atoms with Crippen LogP contribution >= 0.6 is 11.6 Å². The van der Waals surface area contributed by atoms with Crippen molar-refractivity contribution in [3.05, 3.63) is 65.1 Å². The molecule has 1 N–H and O–H groups in total. The Labute approximate surface area is 179 Å². The predicted molar refractivity (Wildman–Crippen MR) is 113 cm³/mol. The smallest absolute Gasteiger partial charge is 0.318 e. The van der Waals surface area contributed by atoms with Crippen molar-refractivity contribution in [2.24, 2.45) is 0 Å². The third-order valence-electron chi connectivity index (χ3n) is 5.26. The molecule has 1 unspecified atom stereocenters. The molecule has 30 heavy (non-hydrogen) atoms. The zero-order valence-electron chi connectivity index (χ0n) is 16.7. The van der Waals surface area contributed by atoms with Gasteiger partial charge in [0.25, 0.3) is 0 Å². The number of benzene rings is 1. The first-order valence-corrected chi connectivity index (χ1v) is 10.3. The number of hydrogen-bond acceptors (Lipinski definition) is 4. The molecular weight excluding hydrogens is 404 g/mol. The Hall–Kier alpha value is -3.13. The third-order valence-corrected chi connectivity index (χ3v) is 5.51. The molecule has 0 radical (unpaired) electrons. The molecule has 1 atom stereocenters. The minimum atomic E-state index is -0.292. The first-order chi connectivity index (χ1) is 14.5. The van der Waals surface area contributed by atoms with Crippen LogP contribution < -0.4 is 5.32 Å². The van der Waals surface area contributed by atoms with Gasteiger partial charge in [-0.25, -0.2) is 4.79 Å². The van der Waals surface area contributed by atoms with Crippen molar-refractivity contribution in [1.29, 1.82) is 0 Å². The van der Waals surface area contributed by atoms with E-state index in [0.717, 1.165) is 11.2 Å². The number of piperazine rings is 1. The molecule has 3 amide bonds. The Morgan fingerprint density at radius 2 is 1.73 bits per heavy atom. The number of rotatable bonds is 4. The average molecular weight is 427 g/mol. The second kappa shape index (κ2) is 8.71. The Morgan fingerprint density at radius 1 is 1.03 bits per heavy atom. The molecule has 4 rings (SSSR count). The quantitative estimate of drug-likeness (QED) is 0.695. The Balaban J connectivity index is 1.29. The van der Waals surface area contributed by atoms with Gasteiger partial charge in [-0.1, -0.05) is 29.8 Å². The Bertz CT molecular complexity index is 1040. The normalized spacial score (nSPS) is 15.3. The summed E-state index contributed by atoms with van der Waals surface area (Å²) in [6.07, 6.45) is 2.21. The van der Waals surface area contributed by atoms with E-state index in [0.29, 0.717) is 43.4 Å². The molecular formula is C21H23ClN6O2. The largest absolute Gasteiger partial charge is 0.339 e. The minimum Gasteiger partial charge on any atom is -0.339 e. The highest BCUT2D eigenvalue weighted by molar-refractivity contribution is 6.30. The summed E-state index contributed by atoms with van der Waals surface area (Å²) in [4.78, 5) is 28.8. The van der Waals surface area contributed by atoms with Gasteiger partial charge in [0, 0.05) is 37.4 Å². The van der Waals surface area contributed by atoms with E-state index in [-0.39, 0.29) is 18.0 Å². The lowest BCUT2D eigenvalue weighted by atomic mass is 10.1. The molecule has 3 aromatic rings. The molecule has 3 heterocycles. The van der Waals surface area contributed by atoms with Gasteiger partial charge in [0.2, 0.25) is 5.91 Å². The van der Waals surface area contributed by atoms with Crippen molar-refractivity contribution < 1.29 is 9.59 Å². The highest BCUT2D eigenvalue weighted by atomic mass is 35.5. The van der Waals surface area contributed by atoms with Crippen LogP contribution in [-0.4, -0.2) is 62.5 Å². The van der Waals surface area contributed by atoms with E-state index in [1.807, 2.05) is 47.9 Å². The summed E-state index contributed by atoms with van der Waals surface area (Å²) in [5.74, 6) is 0.733. The van der Waals surface area contributed by atoms with Crippen molar-refractivity contribution in [2.75, 3.05) is 26.2 Å². The van der Waals surface area contributed by atoms with E-state index in [4.69, 9.17) is 11.6 Å². The number of aromatic nitrogens is 3. The van der Waals surface area contributed by atoms with Crippen molar-refractivity contribution in [1.82, 2.24) is 29.7 Å². The molecule has 9 heteroatoms. The lowest BCUT2D eigenvalue weighted by Crippen LogP contribution is -2.53. The van der Waals surface area contributed by atoms with Gasteiger partial charge in [0.15, 0.2) is 11.5 Å². The van der Waals surface area contributed by atoms with Gasteiger partial charge in [0.05, 0.1) is 12.5 Å². The molecule has 1 aliphatic heterocycles. The standard InChI is InChI=1S/C21H23ClN6O2/c1-15(20-25-24-18-4-2-3-9-28(18)20)23-21(30)27-12-10-26(11-13-27)19(29)14-16-5-7-17(22)8-6-16/h2-9,15H,10-14H2,1H3,(H,23,30). The van der Waals surface area contributed by atoms with E-state index < -0.39 is 0 Å². The summed E-state index contributed by atoms with van der Waals surface area (Å²) in [6, 6.07) is 12.5. The molecule has 0 saturated carbocycles. The average Bonchev–Trinajstić information content (AvgIpc) is 3.20. The molecule has 1 fully saturated rings. The van der Waals surface area contributed by atoms with Crippen LogP contribution in [0, 0.1) is 0 Å². The maximum Gasteiger partial charge on any atom is 0.318 e. The number of nitrogens with zero attached hydrogens (tertiary/aromatic N) is 5. The van der Waals surface area contributed by atoms with Crippen LogP contribution in [0.25, 0.3) is 5.65 Å². The highest BCUT2D eigenvalue weighted by Crippen LogP contribution is 2.14. The number of pyridine rings is 1. The molecule has 0 aliphatic carbocycles. The van der Waals surface area contributed by atoms with E-state index in [9.17, 15) is 9.59 Å². The molecule has 1 saturated heterocycles. The Morgan fingerprint density at radius 3 is 2.47 bits per heavy atom. The SMILES string of the molecule is CC(NC(=O)N1CCN(C(=O)Cc2ccc(Cl)cc2)CC1)c1nnc2ccccn12. The first kappa shape index (κ1) is 20.2. The maximum atomic E-state index is 12.7. The summed E-state index contributed by atoms with van der Waals surface area (Å²) in [6.45, 7) is 3.90. The Kier molecular flexibility index (Phi) is 5.85. The van der Waals surface area contributed by atoms with E-state index in [1.54, 1.807) is 21.9 Å². The lowest BCUT2D eigenvalue weighted by molar-refractivity contribution is -0.131. The number of fused-ring (bicyclic) bond motifs is 1. The second-order valence-corrected chi connectivity index (χ2v) is 7.77. The summed E-state index contributed by atoms with van der Waals surface area (Å²) >= 11 is 5.89. The molecule has 2 aromatic heterocycles. The van der Waals surface area contributed by atoms with E-state index in [2.05, 4.69) is 15.5 Å². The fourth-order valence-corrected chi connectivity index (χ4v) is 3.67. The second-order valence-electron chi connectivity index (χ2n) is 7.33. The zero-order chi connectivity index (χ0) is 21.1. The maximum absolute atomic E-state index is 12.7.